The van der Waals surface area contributed by atoms with Crippen molar-refractivity contribution >= 4 is 46.2 Å². The molecule has 0 spiro atoms. The number of anilines is 1. The molecule has 2 aromatic carbocycles. The van der Waals surface area contributed by atoms with Crippen LogP contribution in [0.25, 0.3) is 10.8 Å². The van der Waals surface area contributed by atoms with Crippen molar-refractivity contribution in [1.29, 1.82) is 0 Å². The largest absolute Gasteiger partial charge is 0.507 e. The molecule has 0 saturated heterocycles. The molecule has 2 aromatic rings. The Morgan fingerprint density at radius 3 is 2.20 bits per heavy atom. The summed E-state index contributed by atoms with van der Waals surface area (Å²) in [6.07, 6.45) is 4.58. The summed E-state index contributed by atoms with van der Waals surface area (Å²) >= 11 is 0. The average Bonchev–Trinajstić information content (AvgIpc) is 3.47. The van der Waals surface area contributed by atoms with Crippen LogP contribution in [-0.4, -0.2) is 111 Å². The van der Waals surface area contributed by atoms with Crippen LogP contribution in [0.4, 0.5) is 5.69 Å². The third-order valence-corrected chi connectivity index (χ3v) is 11.6. The molecule has 0 fully saturated rings. The fraction of sp³-hybridized carbons (Fsp3) is 0.523. The Morgan fingerprint density at radius 1 is 0.950 bits per heavy atom. The van der Waals surface area contributed by atoms with Crippen molar-refractivity contribution in [1.82, 2.24) is 4.90 Å². The van der Waals surface area contributed by atoms with E-state index in [1.807, 2.05) is 18.7 Å². The van der Waals surface area contributed by atoms with Gasteiger partial charge in [-0.05, 0) is 40.7 Å². The van der Waals surface area contributed by atoms with E-state index in [9.17, 15) is 39.9 Å². The van der Waals surface area contributed by atoms with E-state index in [4.69, 9.17) is 18.9 Å². The predicted octanol–water partition coefficient (Wildman–Crippen LogP) is 5.85. The van der Waals surface area contributed by atoms with E-state index < -0.39 is 88.8 Å². The van der Waals surface area contributed by atoms with Crippen molar-refractivity contribution in [2.75, 3.05) is 25.5 Å². The molecule has 0 saturated carbocycles. The third kappa shape index (κ3) is 9.30. The number of amidine groups is 1. The quantitative estimate of drug-likeness (QED) is 0.0502. The summed E-state index contributed by atoms with van der Waals surface area (Å²) in [5, 5.41) is 68.7. The number of aromatic hydroxyl groups is 3. The van der Waals surface area contributed by atoms with Gasteiger partial charge >= 0.3 is 11.8 Å². The van der Waals surface area contributed by atoms with E-state index in [1.54, 1.807) is 46.8 Å². The second-order valence-corrected chi connectivity index (χ2v) is 15.7. The molecule has 5 bridgehead atoms. The molecule has 3 aliphatic heterocycles. The zero-order valence-electron chi connectivity index (χ0n) is 36.4. The number of phenolic OH excluding ortho intramolecular Hbond substituents is 3. The molecule has 5 rings (SSSR count). The highest BCUT2D eigenvalue weighted by atomic mass is 16.7. The van der Waals surface area contributed by atoms with E-state index >= 15 is 0 Å². The number of carbonyl (C=O) groups is 3. The van der Waals surface area contributed by atoms with Crippen molar-refractivity contribution in [2.24, 2.45) is 33.9 Å². The molecule has 3 aliphatic rings. The first kappa shape index (κ1) is 47.2. The molecule has 6 N–H and O–H groups in total. The molecule has 60 heavy (non-hydrogen) atoms. The van der Waals surface area contributed by atoms with Crippen LogP contribution in [0.3, 0.4) is 0 Å². The van der Waals surface area contributed by atoms with Gasteiger partial charge in [0.15, 0.2) is 5.75 Å². The Labute approximate surface area is 350 Å². The number of amides is 1. The zero-order chi connectivity index (χ0) is 45.0. The van der Waals surface area contributed by atoms with Crippen LogP contribution >= 0.6 is 0 Å². The van der Waals surface area contributed by atoms with Gasteiger partial charge in [0.05, 0.1) is 53.0 Å². The Kier molecular flexibility index (Phi) is 15.2. The molecule has 16 nitrogen and oxygen atoms in total. The SMILES string of the molecule is CCN(CC)/C(C)=N/N=C/c1c2c(O)c3c(O)c(C)c4c(c3c1O)C(=O)[C@@](C)(O/C=C\[C@H](OC)[C@@H](C)[C@@H](OC(C)=O)[C@H](C)[C@H](O)[C@H](C)[C@@H](O)[C@@H](C)/C=C\C=C(\C)C(=O)N2)O4. The van der Waals surface area contributed by atoms with Gasteiger partial charge in [0.2, 0.25) is 0 Å². The first-order valence-electron chi connectivity index (χ1n) is 20.1. The molecule has 328 valence electrons. The summed E-state index contributed by atoms with van der Waals surface area (Å²) < 4.78 is 23.6. The maximum atomic E-state index is 14.4. The fourth-order valence-electron chi connectivity index (χ4n) is 7.79. The minimum atomic E-state index is -2.07. The van der Waals surface area contributed by atoms with Gasteiger partial charge in [0.25, 0.3) is 11.7 Å². The normalized spacial score (nSPS) is 30.1. The summed E-state index contributed by atoms with van der Waals surface area (Å²) in [4.78, 5) is 42.4. The summed E-state index contributed by atoms with van der Waals surface area (Å²) in [7, 11) is 1.43. The van der Waals surface area contributed by atoms with Crippen LogP contribution in [0.5, 0.6) is 23.0 Å². The number of hydrogen-bond acceptors (Lipinski definition) is 14. The Hall–Kier alpha value is -5.45. The van der Waals surface area contributed by atoms with Crippen molar-refractivity contribution < 1.29 is 58.9 Å². The average molecular weight is 837 g/mol. The number of rotatable bonds is 6. The minimum absolute atomic E-state index is 0.0347. The molecule has 0 aliphatic carbocycles. The Bertz CT molecular complexity index is 2120. The van der Waals surface area contributed by atoms with Crippen LogP contribution < -0.4 is 10.1 Å². The number of aliphatic hydroxyl groups excluding tert-OH is 2. The highest BCUT2D eigenvalue weighted by Crippen LogP contribution is 2.55. The van der Waals surface area contributed by atoms with Gasteiger partial charge in [-0.1, -0.05) is 45.9 Å². The number of phenols is 3. The van der Waals surface area contributed by atoms with E-state index in [0.717, 1.165) is 6.21 Å². The second-order valence-electron chi connectivity index (χ2n) is 15.7. The standard InChI is InChI=1S/C44H60N4O12/c1-13-48(14-2)27(9)47-45-20-29-34-39(54)32-31(38(29)53)33-41(26(8)37(32)52)60-44(11,42(33)55)58-19-18-30(57-12)23(5)40(59-28(10)49)25(7)36(51)24(6)35(50)21(3)16-15-17-22(4)43(56)46-34/h15-21,23-25,30,35-36,40,50-54H,13-14H2,1-12H3,(H,46,56)/b16-15-,19-18-,22-17-,45-20+,47-27+/t21-,23+,24+,25+,30-,35-,36+,40+,44-/m0/s1. The second kappa shape index (κ2) is 19.3. The number of methoxy groups -OCH3 is 1. The molecule has 0 radical (unpaired) electrons. The van der Waals surface area contributed by atoms with Crippen LogP contribution in [0.2, 0.25) is 0 Å². The van der Waals surface area contributed by atoms with Gasteiger partial charge in [-0.15, -0.1) is 5.10 Å². The van der Waals surface area contributed by atoms with Gasteiger partial charge in [-0.2, -0.15) is 5.10 Å². The summed E-state index contributed by atoms with van der Waals surface area (Å²) in [5.74, 6) is -8.09. The minimum Gasteiger partial charge on any atom is -0.507 e. The Balaban J connectivity index is 2.00. The number of nitrogens with zero attached hydrogens (tertiary/aromatic N) is 3. The third-order valence-electron chi connectivity index (χ3n) is 11.6. The molecular weight excluding hydrogens is 776 g/mol. The molecule has 9 atom stereocenters. The highest BCUT2D eigenvalue weighted by Gasteiger charge is 2.50. The van der Waals surface area contributed by atoms with Gasteiger partial charge in [0.1, 0.15) is 29.2 Å². The zero-order valence-corrected chi connectivity index (χ0v) is 36.4. The van der Waals surface area contributed by atoms with Crippen LogP contribution in [0.1, 0.15) is 90.7 Å². The van der Waals surface area contributed by atoms with E-state index in [-0.39, 0.29) is 44.5 Å². The van der Waals surface area contributed by atoms with Crippen molar-refractivity contribution in [2.45, 2.75) is 106 Å². The number of hydrogen-bond donors (Lipinski definition) is 6. The highest BCUT2D eigenvalue weighted by molar-refractivity contribution is 6.23. The first-order valence-corrected chi connectivity index (χ1v) is 20.1. The number of ketones is 1. The van der Waals surface area contributed by atoms with Gasteiger partial charge in [-0.3, -0.25) is 14.4 Å². The van der Waals surface area contributed by atoms with Gasteiger partial charge in [0, 0.05) is 74.2 Å². The maximum absolute atomic E-state index is 14.4. The molecule has 16 heteroatoms. The van der Waals surface area contributed by atoms with Crippen molar-refractivity contribution in [3.05, 3.63) is 52.8 Å². The lowest BCUT2D eigenvalue weighted by Gasteiger charge is -2.38. The van der Waals surface area contributed by atoms with Crippen LogP contribution in [-0.2, 0) is 23.8 Å². The monoisotopic (exact) mass is 836 g/mol. The van der Waals surface area contributed by atoms with Crippen molar-refractivity contribution in [3.63, 3.8) is 0 Å². The van der Waals surface area contributed by atoms with E-state index in [0.29, 0.717) is 18.9 Å². The summed E-state index contributed by atoms with van der Waals surface area (Å²) in [6.45, 7) is 19.4. The van der Waals surface area contributed by atoms with Crippen LogP contribution in [0, 0.1) is 30.6 Å². The molecular formula is C44H60N4O12. The van der Waals surface area contributed by atoms with E-state index in [2.05, 4.69) is 15.5 Å². The number of Topliss-reactive ketones (excluding diaryl/α,β-unsaturated/α-hetero) is 1. The topological polar surface area (TPSA) is 229 Å². The number of carbonyl (C=O) groups excluding carboxylic acids is 3. The number of esters is 1. The van der Waals surface area contributed by atoms with Gasteiger partial charge < -0.3 is 54.7 Å². The summed E-state index contributed by atoms with van der Waals surface area (Å²) in [5.41, 5.74) is -0.591. The van der Waals surface area contributed by atoms with Crippen molar-refractivity contribution in [3.8, 4) is 23.0 Å². The first-order chi connectivity index (χ1) is 28.2. The number of ether oxygens (including phenoxy) is 4. The number of nitrogens with one attached hydrogen (secondary N) is 1. The smallest absolute Gasteiger partial charge is 0.312 e. The number of benzene rings is 2. The molecule has 0 aromatic heterocycles. The number of aliphatic hydroxyl groups is 2. The molecule has 0 unspecified atom stereocenters. The fourth-order valence-corrected chi connectivity index (χ4v) is 7.79. The summed E-state index contributed by atoms with van der Waals surface area (Å²) in [6, 6.07) is 0. The maximum Gasteiger partial charge on any atom is 0.312 e. The van der Waals surface area contributed by atoms with E-state index in [1.165, 1.54) is 53.2 Å². The number of allylic oxidation sites excluding steroid dienone is 2. The lowest BCUT2D eigenvalue weighted by atomic mass is 9.78. The van der Waals surface area contributed by atoms with Gasteiger partial charge in [-0.25, -0.2) is 0 Å². The Morgan fingerprint density at radius 2 is 1.60 bits per heavy atom. The van der Waals surface area contributed by atoms with Crippen LogP contribution in [0.15, 0.2) is 46.3 Å². The molecule has 1 amide bonds. The lowest BCUT2D eigenvalue weighted by molar-refractivity contribution is -0.160. The lowest BCUT2D eigenvalue weighted by Crippen LogP contribution is -2.46. The molecule has 3 heterocycles. The predicted molar refractivity (Wildman–Crippen MR) is 227 cm³/mol. The number of fused-ring (bicyclic) bond motifs is 14.